The van der Waals surface area contributed by atoms with Crippen LogP contribution in [0.25, 0.3) is 0 Å². The maximum absolute atomic E-state index is 13.2. The summed E-state index contributed by atoms with van der Waals surface area (Å²) in [5, 5.41) is 0. The predicted molar refractivity (Wildman–Crippen MR) is 105 cm³/mol. The summed E-state index contributed by atoms with van der Waals surface area (Å²) in [5.74, 6) is 0. The molecule has 0 aliphatic heterocycles. The van der Waals surface area contributed by atoms with Crippen molar-refractivity contribution >= 4 is 31.6 Å². The molecule has 3 aromatic rings. The van der Waals surface area contributed by atoms with Crippen molar-refractivity contribution in [1.82, 2.24) is 0 Å². The lowest BCUT2D eigenvalue weighted by Crippen LogP contribution is -2.30. The minimum atomic E-state index is -3.67. The second kappa shape index (κ2) is 7.42. The lowest BCUT2D eigenvalue weighted by Gasteiger charge is -2.25. The molecule has 0 amide bonds. The molecule has 3 nitrogen and oxygen atoms in total. The Labute approximate surface area is 157 Å². The largest absolute Gasteiger partial charge is 0.264 e. The standard InChI is InChI=1S/C20H18BrNO2S/c1-16-10-12-17(13-11-16)15-22(19-7-5-6-18(21)14-19)25(23,24)20-8-3-2-4-9-20/h2-14H,15H2,1H3. The zero-order chi connectivity index (χ0) is 17.9. The number of rotatable bonds is 5. The number of sulfonamides is 1. The summed E-state index contributed by atoms with van der Waals surface area (Å²) in [6.07, 6.45) is 0. The molecule has 0 N–H and O–H groups in total. The molecule has 0 radical (unpaired) electrons. The van der Waals surface area contributed by atoms with Crippen molar-refractivity contribution in [3.05, 3.63) is 94.5 Å². The van der Waals surface area contributed by atoms with Crippen LogP contribution in [0.2, 0.25) is 0 Å². The summed E-state index contributed by atoms with van der Waals surface area (Å²) in [4.78, 5) is 0.280. The second-order valence-electron chi connectivity index (χ2n) is 5.79. The zero-order valence-corrected chi connectivity index (χ0v) is 16.2. The van der Waals surface area contributed by atoms with Gasteiger partial charge in [-0.05, 0) is 42.8 Å². The fraction of sp³-hybridized carbons (Fsp3) is 0.100. The fourth-order valence-electron chi connectivity index (χ4n) is 2.53. The van der Waals surface area contributed by atoms with Gasteiger partial charge in [0.2, 0.25) is 0 Å². The number of anilines is 1. The molecule has 0 saturated carbocycles. The molecule has 3 rings (SSSR count). The topological polar surface area (TPSA) is 37.4 Å². The summed E-state index contributed by atoms with van der Waals surface area (Å²) in [7, 11) is -3.67. The Morgan fingerprint density at radius 1 is 0.880 bits per heavy atom. The highest BCUT2D eigenvalue weighted by Crippen LogP contribution is 2.28. The van der Waals surface area contributed by atoms with Gasteiger partial charge < -0.3 is 0 Å². The van der Waals surface area contributed by atoms with Gasteiger partial charge in [0.1, 0.15) is 0 Å². The van der Waals surface area contributed by atoms with E-state index in [2.05, 4.69) is 15.9 Å². The Morgan fingerprint density at radius 3 is 2.20 bits per heavy atom. The lowest BCUT2D eigenvalue weighted by atomic mass is 10.1. The molecule has 0 aromatic heterocycles. The average Bonchev–Trinajstić information content (AvgIpc) is 2.62. The van der Waals surface area contributed by atoms with Crippen LogP contribution in [0.4, 0.5) is 5.69 Å². The number of benzene rings is 3. The van der Waals surface area contributed by atoms with Gasteiger partial charge >= 0.3 is 0 Å². The van der Waals surface area contributed by atoms with Gasteiger partial charge in [0.25, 0.3) is 10.0 Å². The van der Waals surface area contributed by atoms with Crippen LogP contribution in [-0.4, -0.2) is 8.42 Å². The minimum Gasteiger partial charge on any atom is -0.262 e. The summed E-state index contributed by atoms with van der Waals surface area (Å²) < 4.78 is 28.7. The highest BCUT2D eigenvalue weighted by molar-refractivity contribution is 9.10. The van der Waals surface area contributed by atoms with E-state index in [1.165, 1.54) is 4.31 Å². The molecule has 0 fully saturated rings. The third kappa shape index (κ3) is 4.11. The maximum Gasteiger partial charge on any atom is 0.264 e. The summed E-state index contributed by atoms with van der Waals surface area (Å²) >= 11 is 3.43. The Morgan fingerprint density at radius 2 is 1.56 bits per heavy atom. The number of aryl methyl sites for hydroxylation is 1. The van der Waals surface area contributed by atoms with Crippen molar-refractivity contribution in [2.45, 2.75) is 18.4 Å². The normalized spacial score (nSPS) is 11.3. The Bertz CT molecular complexity index is 955. The van der Waals surface area contributed by atoms with E-state index in [0.29, 0.717) is 5.69 Å². The van der Waals surface area contributed by atoms with E-state index < -0.39 is 10.0 Å². The van der Waals surface area contributed by atoms with Gasteiger partial charge in [-0.1, -0.05) is 70.0 Å². The van der Waals surface area contributed by atoms with E-state index in [1.807, 2.05) is 55.5 Å². The fourth-order valence-corrected chi connectivity index (χ4v) is 4.38. The van der Waals surface area contributed by atoms with E-state index in [0.717, 1.165) is 15.6 Å². The second-order valence-corrected chi connectivity index (χ2v) is 8.57. The van der Waals surface area contributed by atoms with Gasteiger partial charge in [0.05, 0.1) is 17.1 Å². The molecule has 5 heteroatoms. The molecule has 0 unspecified atom stereocenters. The molecule has 128 valence electrons. The van der Waals surface area contributed by atoms with Crippen LogP contribution in [0.5, 0.6) is 0 Å². The molecule has 0 heterocycles. The van der Waals surface area contributed by atoms with Crippen LogP contribution in [0.15, 0.2) is 88.2 Å². The first-order valence-electron chi connectivity index (χ1n) is 7.86. The predicted octanol–water partition coefficient (Wildman–Crippen LogP) is 5.15. The van der Waals surface area contributed by atoms with E-state index >= 15 is 0 Å². The van der Waals surface area contributed by atoms with E-state index in [9.17, 15) is 8.42 Å². The van der Waals surface area contributed by atoms with Crippen molar-refractivity contribution in [2.75, 3.05) is 4.31 Å². The molecule has 3 aromatic carbocycles. The highest BCUT2D eigenvalue weighted by atomic mass is 79.9. The van der Waals surface area contributed by atoms with Gasteiger partial charge in [-0.15, -0.1) is 0 Å². The van der Waals surface area contributed by atoms with Crippen molar-refractivity contribution in [1.29, 1.82) is 0 Å². The lowest BCUT2D eigenvalue weighted by molar-refractivity contribution is 0.590. The third-order valence-electron chi connectivity index (χ3n) is 3.87. The van der Waals surface area contributed by atoms with E-state index in [4.69, 9.17) is 0 Å². The number of nitrogens with zero attached hydrogens (tertiary/aromatic N) is 1. The molecule has 0 bridgehead atoms. The van der Waals surface area contributed by atoms with Crippen LogP contribution in [0, 0.1) is 6.92 Å². The highest BCUT2D eigenvalue weighted by Gasteiger charge is 2.25. The molecule has 0 aliphatic carbocycles. The molecule has 25 heavy (non-hydrogen) atoms. The van der Waals surface area contributed by atoms with Crippen LogP contribution in [-0.2, 0) is 16.6 Å². The molecular weight excluding hydrogens is 398 g/mol. The first-order chi connectivity index (χ1) is 12.0. The van der Waals surface area contributed by atoms with Crippen LogP contribution in [0.3, 0.4) is 0 Å². The first-order valence-corrected chi connectivity index (χ1v) is 10.1. The van der Waals surface area contributed by atoms with Gasteiger partial charge in [-0.25, -0.2) is 8.42 Å². The number of halogens is 1. The summed E-state index contributed by atoms with van der Waals surface area (Å²) in [6.45, 7) is 2.28. The molecule has 0 spiro atoms. The quantitative estimate of drug-likeness (QED) is 0.577. The minimum absolute atomic E-state index is 0.272. The van der Waals surface area contributed by atoms with Crippen molar-refractivity contribution in [3.63, 3.8) is 0 Å². The van der Waals surface area contributed by atoms with Gasteiger partial charge in [0.15, 0.2) is 0 Å². The Kier molecular flexibility index (Phi) is 5.25. The molecule has 0 atom stereocenters. The summed E-state index contributed by atoms with van der Waals surface area (Å²) in [6, 6.07) is 23.7. The van der Waals surface area contributed by atoms with Gasteiger partial charge in [0, 0.05) is 4.47 Å². The molecule has 0 saturated heterocycles. The Balaban J connectivity index is 2.07. The molecular formula is C20H18BrNO2S. The SMILES string of the molecule is Cc1ccc(CN(c2cccc(Br)c2)S(=O)(=O)c2ccccc2)cc1. The van der Waals surface area contributed by atoms with E-state index in [1.54, 1.807) is 30.3 Å². The van der Waals surface area contributed by atoms with Crippen molar-refractivity contribution < 1.29 is 8.42 Å². The van der Waals surface area contributed by atoms with Crippen molar-refractivity contribution in [3.8, 4) is 0 Å². The molecule has 0 aliphatic rings. The van der Waals surface area contributed by atoms with Gasteiger partial charge in [-0.3, -0.25) is 4.31 Å². The first kappa shape index (κ1) is 17.7. The van der Waals surface area contributed by atoms with E-state index in [-0.39, 0.29) is 11.4 Å². The monoisotopic (exact) mass is 415 g/mol. The smallest absolute Gasteiger partial charge is 0.262 e. The number of hydrogen-bond donors (Lipinski definition) is 0. The van der Waals surface area contributed by atoms with Crippen molar-refractivity contribution in [2.24, 2.45) is 0 Å². The number of hydrogen-bond acceptors (Lipinski definition) is 2. The zero-order valence-electron chi connectivity index (χ0n) is 13.8. The van der Waals surface area contributed by atoms with Crippen LogP contribution < -0.4 is 4.31 Å². The third-order valence-corrected chi connectivity index (χ3v) is 6.16. The van der Waals surface area contributed by atoms with Crippen LogP contribution >= 0.6 is 15.9 Å². The van der Waals surface area contributed by atoms with Crippen LogP contribution in [0.1, 0.15) is 11.1 Å². The van der Waals surface area contributed by atoms with Gasteiger partial charge in [-0.2, -0.15) is 0 Å². The Hall–Kier alpha value is -2.11. The average molecular weight is 416 g/mol. The maximum atomic E-state index is 13.2. The summed E-state index contributed by atoms with van der Waals surface area (Å²) in [5.41, 5.74) is 2.70.